The molecule has 1 aromatic rings. The number of nitrogens with zero attached hydrogens (tertiary/aromatic N) is 1. The van der Waals surface area contributed by atoms with Gasteiger partial charge in [0.15, 0.2) is 0 Å². The summed E-state index contributed by atoms with van der Waals surface area (Å²) in [5.74, 6) is -0.786. The summed E-state index contributed by atoms with van der Waals surface area (Å²) in [6, 6.07) is 6.20. The standard InChI is InChI=1S/C15H19NO5/c17-12-3-1-11(2-4-12)15(20)16-8-5-13(6-9-16)21-10-7-14(18)19/h1-4,13,17H,5-10H2,(H,18,19). The van der Waals surface area contributed by atoms with Crippen molar-refractivity contribution < 1.29 is 24.5 Å². The van der Waals surface area contributed by atoms with Gasteiger partial charge in [0.1, 0.15) is 5.75 Å². The fourth-order valence-corrected chi connectivity index (χ4v) is 2.33. The number of benzene rings is 1. The molecule has 114 valence electrons. The molecule has 2 N–H and O–H groups in total. The van der Waals surface area contributed by atoms with E-state index in [1.165, 1.54) is 12.1 Å². The molecule has 0 atom stereocenters. The zero-order valence-corrected chi connectivity index (χ0v) is 11.7. The van der Waals surface area contributed by atoms with Crippen molar-refractivity contribution in [3.05, 3.63) is 29.8 Å². The number of hydrogen-bond donors (Lipinski definition) is 2. The predicted molar refractivity (Wildman–Crippen MR) is 75.2 cm³/mol. The van der Waals surface area contributed by atoms with Crippen LogP contribution in [0.4, 0.5) is 0 Å². The third kappa shape index (κ3) is 4.46. The van der Waals surface area contributed by atoms with Crippen LogP contribution in [0, 0.1) is 0 Å². The van der Waals surface area contributed by atoms with E-state index >= 15 is 0 Å². The van der Waals surface area contributed by atoms with Gasteiger partial charge >= 0.3 is 5.97 Å². The Balaban J connectivity index is 1.79. The van der Waals surface area contributed by atoms with Gasteiger partial charge < -0.3 is 19.8 Å². The molecule has 2 rings (SSSR count). The largest absolute Gasteiger partial charge is 0.508 e. The number of phenols is 1. The van der Waals surface area contributed by atoms with E-state index in [0.29, 0.717) is 31.5 Å². The normalized spacial score (nSPS) is 15.9. The fourth-order valence-electron chi connectivity index (χ4n) is 2.33. The van der Waals surface area contributed by atoms with Crippen LogP contribution in [-0.4, -0.2) is 52.8 Å². The van der Waals surface area contributed by atoms with Crippen LogP contribution in [0.1, 0.15) is 29.6 Å². The third-order valence-corrected chi connectivity index (χ3v) is 3.51. The van der Waals surface area contributed by atoms with E-state index in [4.69, 9.17) is 9.84 Å². The summed E-state index contributed by atoms with van der Waals surface area (Å²) in [5, 5.41) is 17.8. The molecule has 0 bridgehead atoms. The van der Waals surface area contributed by atoms with Gasteiger partial charge in [-0.2, -0.15) is 0 Å². The predicted octanol–water partition coefficient (Wildman–Crippen LogP) is 1.49. The molecule has 21 heavy (non-hydrogen) atoms. The van der Waals surface area contributed by atoms with Crippen LogP contribution in [0.3, 0.4) is 0 Å². The molecule has 0 aromatic heterocycles. The van der Waals surface area contributed by atoms with Crippen molar-refractivity contribution in [2.45, 2.75) is 25.4 Å². The first-order valence-electron chi connectivity index (χ1n) is 6.98. The molecule has 0 unspecified atom stereocenters. The molecular formula is C15H19NO5. The number of hydrogen-bond acceptors (Lipinski definition) is 4. The maximum absolute atomic E-state index is 12.2. The Hall–Kier alpha value is -2.08. The second kappa shape index (κ2) is 7.08. The first kappa shape index (κ1) is 15.3. The molecular weight excluding hydrogens is 274 g/mol. The van der Waals surface area contributed by atoms with Crippen molar-refractivity contribution in [1.82, 2.24) is 4.90 Å². The zero-order chi connectivity index (χ0) is 15.2. The lowest BCUT2D eigenvalue weighted by Gasteiger charge is -2.32. The van der Waals surface area contributed by atoms with Crippen LogP contribution in [0.25, 0.3) is 0 Å². The minimum Gasteiger partial charge on any atom is -0.508 e. The average Bonchev–Trinajstić information content (AvgIpc) is 2.48. The highest BCUT2D eigenvalue weighted by Crippen LogP contribution is 2.18. The molecule has 0 spiro atoms. The van der Waals surface area contributed by atoms with Gasteiger partial charge in [-0.1, -0.05) is 0 Å². The van der Waals surface area contributed by atoms with Crippen LogP contribution in [0.15, 0.2) is 24.3 Å². The minimum absolute atomic E-state index is 0.00660. The van der Waals surface area contributed by atoms with E-state index in [1.54, 1.807) is 17.0 Å². The highest BCUT2D eigenvalue weighted by Gasteiger charge is 2.24. The van der Waals surface area contributed by atoms with Crippen molar-refractivity contribution in [3.8, 4) is 5.75 Å². The lowest BCUT2D eigenvalue weighted by molar-refractivity contribution is -0.138. The minimum atomic E-state index is -0.866. The highest BCUT2D eigenvalue weighted by molar-refractivity contribution is 5.94. The first-order valence-corrected chi connectivity index (χ1v) is 6.98. The van der Waals surface area contributed by atoms with Crippen molar-refractivity contribution in [2.24, 2.45) is 0 Å². The van der Waals surface area contributed by atoms with E-state index < -0.39 is 5.97 Å². The van der Waals surface area contributed by atoms with E-state index in [2.05, 4.69) is 0 Å². The Bertz CT molecular complexity index is 491. The molecule has 1 amide bonds. The Labute approximate surface area is 122 Å². The quantitative estimate of drug-likeness (QED) is 0.859. The molecule has 1 fully saturated rings. The monoisotopic (exact) mass is 293 g/mol. The van der Waals surface area contributed by atoms with Gasteiger partial charge in [0.2, 0.25) is 0 Å². The maximum Gasteiger partial charge on any atom is 0.305 e. The van der Waals surface area contributed by atoms with Gasteiger partial charge in [-0.25, -0.2) is 0 Å². The van der Waals surface area contributed by atoms with E-state index in [1.807, 2.05) is 0 Å². The molecule has 0 saturated carbocycles. The summed E-state index contributed by atoms with van der Waals surface area (Å²) >= 11 is 0. The lowest BCUT2D eigenvalue weighted by atomic mass is 10.1. The number of carboxylic acid groups (broad SMARTS) is 1. The van der Waals surface area contributed by atoms with E-state index in [9.17, 15) is 14.7 Å². The van der Waals surface area contributed by atoms with Crippen LogP contribution in [0.2, 0.25) is 0 Å². The SMILES string of the molecule is O=C(O)CCOC1CCN(C(=O)c2ccc(O)cc2)CC1. The summed E-state index contributed by atoms with van der Waals surface area (Å²) in [7, 11) is 0. The number of ether oxygens (including phenoxy) is 1. The summed E-state index contributed by atoms with van der Waals surface area (Å²) < 4.78 is 5.49. The van der Waals surface area contributed by atoms with E-state index in [-0.39, 0.29) is 30.8 Å². The molecule has 6 heteroatoms. The number of aromatic hydroxyl groups is 1. The number of piperidine rings is 1. The van der Waals surface area contributed by atoms with Crippen molar-refractivity contribution in [3.63, 3.8) is 0 Å². The maximum atomic E-state index is 12.2. The van der Waals surface area contributed by atoms with Crippen molar-refractivity contribution in [2.75, 3.05) is 19.7 Å². The van der Waals surface area contributed by atoms with Crippen LogP contribution < -0.4 is 0 Å². The number of rotatable bonds is 5. The summed E-state index contributed by atoms with van der Waals surface area (Å²) in [4.78, 5) is 24.4. The van der Waals surface area contributed by atoms with Crippen LogP contribution >= 0.6 is 0 Å². The lowest BCUT2D eigenvalue weighted by Crippen LogP contribution is -2.41. The Morgan fingerprint density at radius 1 is 1.19 bits per heavy atom. The molecule has 1 aliphatic rings. The average molecular weight is 293 g/mol. The smallest absolute Gasteiger partial charge is 0.305 e. The van der Waals surface area contributed by atoms with Crippen molar-refractivity contribution in [1.29, 1.82) is 0 Å². The molecule has 0 aliphatic carbocycles. The van der Waals surface area contributed by atoms with Gasteiger partial charge in [-0.15, -0.1) is 0 Å². The number of aliphatic carboxylic acids is 1. The van der Waals surface area contributed by atoms with Gasteiger partial charge in [0.05, 0.1) is 19.1 Å². The Morgan fingerprint density at radius 3 is 2.38 bits per heavy atom. The third-order valence-electron chi connectivity index (χ3n) is 3.51. The number of carbonyl (C=O) groups is 2. The first-order chi connectivity index (χ1) is 10.1. The van der Waals surface area contributed by atoms with Gasteiger partial charge in [0.25, 0.3) is 5.91 Å². The van der Waals surface area contributed by atoms with Crippen LogP contribution in [-0.2, 0) is 9.53 Å². The second-order valence-corrected chi connectivity index (χ2v) is 5.05. The number of carbonyl (C=O) groups excluding carboxylic acids is 1. The Kier molecular flexibility index (Phi) is 5.16. The Morgan fingerprint density at radius 2 is 1.81 bits per heavy atom. The van der Waals surface area contributed by atoms with Gasteiger partial charge in [0, 0.05) is 18.7 Å². The van der Waals surface area contributed by atoms with Gasteiger partial charge in [-0.05, 0) is 37.1 Å². The second-order valence-electron chi connectivity index (χ2n) is 5.05. The fraction of sp³-hybridized carbons (Fsp3) is 0.467. The van der Waals surface area contributed by atoms with Crippen LogP contribution in [0.5, 0.6) is 5.75 Å². The zero-order valence-electron chi connectivity index (χ0n) is 11.7. The summed E-state index contributed by atoms with van der Waals surface area (Å²) in [6.07, 6.45) is 1.45. The van der Waals surface area contributed by atoms with E-state index in [0.717, 1.165) is 0 Å². The molecule has 6 nitrogen and oxygen atoms in total. The highest BCUT2D eigenvalue weighted by atomic mass is 16.5. The summed E-state index contributed by atoms with van der Waals surface area (Å²) in [6.45, 7) is 1.40. The number of phenolic OH excluding ortho intramolecular Hbond substituents is 1. The molecule has 1 aliphatic heterocycles. The number of amides is 1. The van der Waals surface area contributed by atoms with Crippen molar-refractivity contribution >= 4 is 11.9 Å². The molecule has 1 heterocycles. The molecule has 0 radical (unpaired) electrons. The molecule has 1 aromatic carbocycles. The van der Waals surface area contributed by atoms with Gasteiger partial charge in [-0.3, -0.25) is 9.59 Å². The number of likely N-dealkylation sites (tertiary alicyclic amines) is 1. The summed E-state index contributed by atoms with van der Waals surface area (Å²) in [5.41, 5.74) is 0.554. The molecule has 1 saturated heterocycles. The topological polar surface area (TPSA) is 87.1 Å². The number of carboxylic acids is 1.